The van der Waals surface area contributed by atoms with Crippen molar-refractivity contribution in [3.8, 4) is 33.5 Å². The van der Waals surface area contributed by atoms with Crippen LogP contribution in [0.3, 0.4) is 0 Å². The standard InChI is InChI=1S/C37H24N2/c1-2-10-27(11-3-1)37-36(35-21-20-26-9-6-7-13-34(26)39(35)38-37)33-19-18-31-23-30(16-17-32(31)24-33)29-15-14-25-8-4-5-12-28(25)22-29/h1-24H. The average molecular weight is 497 g/mol. The minimum Gasteiger partial charge on any atom is -0.232 e. The monoisotopic (exact) mass is 496 g/mol. The van der Waals surface area contributed by atoms with E-state index in [1.54, 1.807) is 0 Å². The topological polar surface area (TPSA) is 17.3 Å². The van der Waals surface area contributed by atoms with Gasteiger partial charge in [-0.05, 0) is 68.6 Å². The molecule has 8 aromatic rings. The van der Waals surface area contributed by atoms with Crippen LogP contribution in [0, 0.1) is 0 Å². The molecule has 0 radical (unpaired) electrons. The van der Waals surface area contributed by atoms with Crippen LogP contribution in [0.1, 0.15) is 0 Å². The second kappa shape index (κ2) is 8.68. The number of pyridine rings is 1. The van der Waals surface area contributed by atoms with Crippen molar-refractivity contribution < 1.29 is 0 Å². The predicted octanol–water partition coefficient (Wildman–Crippen LogP) is 9.79. The minimum atomic E-state index is 0.999. The summed E-state index contributed by atoms with van der Waals surface area (Å²) in [6.45, 7) is 0. The Morgan fingerprint density at radius 2 is 0.897 bits per heavy atom. The van der Waals surface area contributed by atoms with Gasteiger partial charge in [-0.3, -0.25) is 0 Å². The second-order valence-electron chi connectivity index (χ2n) is 10.1. The zero-order valence-electron chi connectivity index (χ0n) is 21.3. The Kier molecular flexibility index (Phi) is 4.86. The molecule has 0 aliphatic carbocycles. The number of aromatic nitrogens is 2. The highest BCUT2D eigenvalue weighted by atomic mass is 15.2. The molecule has 0 saturated heterocycles. The zero-order chi connectivity index (χ0) is 25.8. The van der Waals surface area contributed by atoms with Crippen LogP contribution in [-0.4, -0.2) is 9.61 Å². The van der Waals surface area contributed by atoms with E-state index in [2.05, 4.69) is 150 Å². The molecule has 0 amide bonds. The van der Waals surface area contributed by atoms with Crippen molar-refractivity contribution >= 4 is 38.0 Å². The molecular formula is C37H24N2. The lowest BCUT2D eigenvalue weighted by Crippen LogP contribution is -1.89. The van der Waals surface area contributed by atoms with Gasteiger partial charge in [0.2, 0.25) is 0 Å². The third-order valence-electron chi connectivity index (χ3n) is 7.77. The first-order valence-corrected chi connectivity index (χ1v) is 13.3. The molecule has 0 bridgehead atoms. The quantitative estimate of drug-likeness (QED) is 0.238. The van der Waals surface area contributed by atoms with E-state index in [0.717, 1.165) is 27.9 Å². The Morgan fingerprint density at radius 1 is 0.359 bits per heavy atom. The highest BCUT2D eigenvalue weighted by Gasteiger charge is 2.18. The van der Waals surface area contributed by atoms with E-state index in [1.165, 1.54) is 43.6 Å². The smallest absolute Gasteiger partial charge is 0.101 e. The number of hydrogen-bond donors (Lipinski definition) is 0. The summed E-state index contributed by atoms with van der Waals surface area (Å²) in [5.74, 6) is 0. The number of hydrogen-bond acceptors (Lipinski definition) is 1. The van der Waals surface area contributed by atoms with Crippen LogP contribution in [0.5, 0.6) is 0 Å². The maximum absolute atomic E-state index is 5.16. The Balaban J connectivity index is 1.30. The van der Waals surface area contributed by atoms with Crippen LogP contribution in [0.15, 0.2) is 146 Å². The fraction of sp³-hybridized carbons (Fsp3) is 0. The van der Waals surface area contributed by atoms with Crippen LogP contribution in [-0.2, 0) is 0 Å². The highest BCUT2D eigenvalue weighted by molar-refractivity contribution is 5.99. The first kappa shape index (κ1) is 21.8. The molecule has 0 aliphatic heterocycles. The fourth-order valence-corrected chi connectivity index (χ4v) is 5.79. The molecule has 39 heavy (non-hydrogen) atoms. The molecule has 2 heteroatoms. The van der Waals surface area contributed by atoms with Gasteiger partial charge in [0.25, 0.3) is 0 Å². The molecule has 0 saturated carbocycles. The van der Waals surface area contributed by atoms with Crippen molar-refractivity contribution in [1.29, 1.82) is 0 Å². The normalized spacial score (nSPS) is 11.6. The lowest BCUT2D eigenvalue weighted by molar-refractivity contribution is 1.01. The van der Waals surface area contributed by atoms with Gasteiger partial charge in [0.15, 0.2) is 0 Å². The van der Waals surface area contributed by atoms with Gasteiger partial charge >= 0.3 is 0 Å². The molecule has 2 aromatic heterocycles. The van der Waals surface area contributed by atoms with E-state index in [4.69, 9.17) is 5.10 Å². The Hall–Kier alpha value is -5.21. The van der Waals surface area contributed by atoms with E-state index in [9.17, 15) is 0 Å². The van der Waals surface area contributed by atoms with Crippen molar-refractivity contribution in [3.05, 3.63) is 146 Å². The summed E-state index contributed by atoms with van der Waals surface area (Å²) in [6, 6.07) is 52.1. The zero-order valence-corrected chi connectivity index (χ0v) is 21.3. The number of benzene rings is 6. The molecule has 0 aliphatic rings. The largest absolute Gasteiger partial charge is 0.232 e. The van der Waals surface area contributed by atoms with Crippen LogP contribution in [0.4, 0.5) is 0 Å². The van der Waals surface area contributed by atoms with E-state index < -0.39 is 0 Å². The summed E-state index contributed by atoms with van der Waals surface area (Å²) in [5, 5.41) is 11.3. The molecule has 0 unspecified atom stereocenters. The third kappa shape index (κ3) is 3.61. The molecule has 0 atom stereocenters. The number of nitrogens with zero attached hydrogens (tertiary/aromatic N) is 2. The lowest BCUT2D eigenvalue weighted by atomic mass is 9.95. The van der Waals surface area contributed by atoms with Crippen molar-refractivity contribution in [2.24, 2.45) is 0 Å². The van der Waals surface area contributed by atoms with Gasteiger partial charge < -0.3 is 0 Å². The lowest BCUT2D eigenvalue weighted by Gasteiger charge is -2.09. The average Bonchev–Trinajstić information content (AvgIpc) is 3.41. The second-order valence-corrected chi connectivity index (χ2v) is 10.1. The molecular weight excluding hydrogens is 472 g/mol. The SMILES string of the molecule is c1ccc(-c2nn3c(ccc4ccccc43)c2-c2ccc3cc(-c4ccc5ccccc5c4)ccc3c2)cc1. The van der Waals surface area contributed by atoms with Crippen LogP contribution in [0.25, 0.3) is 71.5 Å². The molecule has 2 nitrogen and oxygen atoms in total. The number of rotatable bonds is 3. The van der Waals surface area contributed by atoms with E-state index >= 15 is 0 Å². The summed E-state index contributed by atoms with van der Waals surface area (Å²) in [4.78, 5) is 0. The van der Waals surface area contributed by atoms with Gasteiger partial charge in [-0.1, -0.05) is 115 Å². The first-order chi connectivity index (χ1) is 19.3. The molecule has 8 rings (SSSR count). The van der Waals surface area contributed by atoms with Crippen LogP contribution in [0.2, 0.25) is 0 Å². The first-order valence-electron chi connectivity index (χ1n) is 13.3. The van der Waals surface area contributed by atoms with Gasteiger partial charge in [-0.25, -0.2) is 4.52 Å². The fourth-order valence-electron chi connectivity index (χ4n) is 5.79. The third-order valence-corrected chi connectivity index (χ3v) is 7.77. The van der Waals surface area contributed by atoms with Crippen molar-refractivity contribution in [1.82, 2.24) is 9.61 Å². The van der Waals surface area contributed by atoms with E-state index in [0.29, 0.717) is 0 Å². The highest BCUT2D eigenvalue weighted by Crippen LogP contribution is 2.38. The molecule has 0 N–H and O–H groups in total. The maximum Gasteiger partial charge on any atom is 0.101 e. The van der Waals surface area contributed by atoms with Gasteiger partial charge in [0.1, 0.15) is 5.69 Å². The maximum atomic E-state index is 5.16. The van der Waals surface area contributed by atoms with Gasteiger partial charge in [-0.2, -0.15) is 5.10 Å². The van der Waals surface area contributed by atoms with Gasteiger partial charge in [0.05, 0.1) is 11.0 Å². The molecule has 2 heterocycles. The van der Waals surface area contributed by atoms with E-state index in [-0.39, 0.29) is 0 Å². The van der Waals surface area contributed by atoms with Crippen molar-refractivity contribution in [2.45, 2.75) is 0 Å². The number of para-hydroxylation sites is 1. The molecule has 0 spiro atoms. The van der Waals surface area contributed by atoms with Crippen LogP contribution >= 0.6 is 0 Å². The summed E-state index contributed by atoms with van der Waals surface area (Å²) < 4.78 is 2.10. The summed E-state index contributed by atoms with van der Waals surface area (Å²) in [7, 11) is 0. The predicted molar refractivity (Wildman–Crippen MR) is 164 cm³/mol. The van der Waals surface area contributed by atoms with Gasteiger partial charge in [-0.15, -0.1) is 0 Å². The Morgan fingerprint density at radius 3 is 1.67 bits per heavy atom. The van der Waals surface area contributed by atoms with E-state index in [1.807, 2.05) is 0 Å². The van der Waals surface area contributed by atoms with Crippen molar-refractivity contribution in [2.75, 3.05) is 0 Å². The van der Waals surface area contributed by atoms with Gasteiger partial charge in [0, 0.05) is 16.5 Å². The molecule has 182 valence electrons. The number of fused-ring (bicyclic) bond motifs is 5. The molecule has 0 fully saturated rings. The summed E-state index contributed by atoms with van der Waals surface area (Å²) in [5.41, 5.74) is 9.14. The summed E-state index contributed by atoms with van der Waals surface area (Å²) in [6.07, 6.45) is 0. The summed E-state index contributed by atoms with van der Waals surface area (Å²) >= 11 is 0. The minimum absolute atomic E-state index is 0.999. The Labute approximate surface area is 226 Å². The van der Waals surface area contributed by atoms with Crippen molar-refractivity contribution in [3.63, 3.8) is 0 Å². The Bertz CT molecular complexity index is 2170. The van der Waals surface area contributed by atoms with Crippen LogP contribution < -0.4 is 0 Å². The molecule has 6 aromatic carbocycles.